The van der Waals surface area contributed by atoms with Crippen LogP contribution in [0.4, 0.5) is 0 Å². The van der Waals surface area contributed by atoms with Crippen LogP contribution in [0.1, 0.15) is 28.9 Å². The van der Waals surface area contributed by atoms with Crippen molar-refractivity contribution in [3.8, 4) is 0 Å². The summed E-state index contributed by atoms with van der Waals surface area (Å²) in [5.74, 6) is -0.924. The van der Waals surface area contributed by atoms with E-state index >= 15 is 0 Å². The molecule has 5 nitrogen and oxygen atoms in total. The summed E-state index contributed by atoms with van der Waals surface area (Å²) in [6.07, 6.45) is 2.57. The zero-order valence-electron chi connectivity index (χ0n) is 8.43. The lowest BCUT2D eigenvalue weighted by atomic mass is 9.85. The highest BCUT2D eigenvalue weighted by Crippen LogP contribution is 2.26. The summed E-state index contributed by atoms with van der Waals surface area (Å²) in [5, 5.41) is 12.7. The lowest BCUT2D eigenvalue weighted by Crippen LogP contribution is -2.23. The summed E-state index contributed by atoms with van der Waals surface area (Å²) in [6, 6.07) is 0. The van der Waals surface area contributed by atoms with Gasteiger partial charge in [-0.2, -0.15) is 5.10 Å². The Balaban J connectivity index is 2.25. The van der Waals surface area contributed by atoms with Crippen LogP contribution in [0.25, 0.3) is 0 Å². The van der Waals surface area contributed by atoms with Gasteiger partial charge >= 0.3 is 5.97 Å². The Morgan fingerprint density at radius 3 is 3.07 bits per heavy atom. The number of ketones is 1. The van der Waals surface area contributed by atoms with Gasteiger partial charge in [0, 0.05) is 25.6 Å². The molecule has 1 unspecified atom stereocenters. The first-order chi connectivity index (χ1) is 7.08. The minimum absolute atomic E-state index is 0.00981. The number of carboxylic acid groups (broad SMARTS) is 1. The predicted octanol–water partition coefficient (Wildman–Crippen LogP) is 0.640. The number of aromatic nitrogens is 2. The van der Waals surface area contributed by atoms with Gasteiger partial charge in [0.2, 0.25) is 0 Å². The SMILES string of the molecule is Cn1ncc2c1CC(CC(=O)O)CC2=O. The van der Waals surface area contributed by atoms with Crippen LogP contribution in [0.2, 0.25) is 0 Å². The quantitative estimate of drug-likeness (QED) is 0.774. The van der Waals surface area contributed by atoms with Crippen molar-refractivity contribution in [2.24, 2.45) is 13.0 Å². The molecule has 0 saturated carbocycles. The number of carboxylic acids is 1. The number of hydrogen-bond donors (Lipinski definition) is 1. The largest absolute Gasteiger partial charge is 0.481 e. The topological polar surface area (TPSA) is 72.2 Å². The fraction of sp³-hybridized carbons (Fsp3) is 0.500. The molecule has 2 rings (SSSR count). The van der Waals surface area contributed by atoms with Crippen molar-refractivity contribution in [2.45, 2.75) is 19.3 Å². The first kappa shape index (κ1) is 9.89. The van der Waals surface area contributed by atoms with E-state index in [9.17, 15) is 9.59 Å². The number of carbonyl (C=O) groups is 2. The lowest BCUT2D eigenvalue weighted by molar-refractivity contribution is -0.138. The van der Waals surface area contributed by atoms with Crippen LogP contribution < -0.4 is 0 Å². The highest BCUT2D eigenvalue weighted by Gasteiger charge is 2.29. The van der Waals surface area contributed by atoms with E-state index in [1.807, 2.05) is 0 Å². The van der Waals surface area contributed by atoms with E-state index in [2.05, 4.69) is 5.10 Å². The van der Waals surface area contributed by atoms with Crippen molar-refractivity contribution < 1.29 is 14.7 Å². The second-order valence-electron chi connectivity index (χ2n) is 3.92. The van der Waals surface area contributed by atoms with Gasteiger partial charge in [0.25, 0.3) is 0 Å². The molecule has 1 aliphatic rings. The first-order valence-electron chi connectivity index (χ1n) is 4.83. The molecule has 0 amide bonds. The van der Waals surface area contributed by atoms with Gasteiger partial charge in [-0.25, -0.2) is 0 Å². The monoisotopic (exact) mass is 208 g/mol. The molecule has 1 aliphatic carbocycles. The molecular weight excluding hydrogens is 196 g/mol. The van der Waals surface area contributed by atoms with Crippen molar-refractivity contribution in [2.75, 3.05) is 0 Å². The van der Waals surface area contributed by atoms with Gasteiger partial charge in [-0.15, -0.1) is 0 Å². The zero-order chi connectivity index (χ0) is 11.0. The van der Waals surface area contributed by atoms with Crippen LogP contribution in [0.3, 0.4) is 0 Å². The van der Waals surface area contributed by atoms with Gasteiger partial charge in [-0.05, 0) is 12.3 Å². The highest BCUT2D eigenvalue weighted by atomic mass is 16.4. The third-order valence-electron chi connectivity index (χ3n) is 2.78. The maximum Gasteiger partial charge on any atom is 0.303 e. The Morgan fingerprint density at radius 2 is 2.40 bits per heavy atom. The molecule has 1 heterocycles. The number of fused-ring (bicyclic) bond motifs is 1. The third-order valence-corrected chi connectivity index (χ3v) is 2.78. The zero-order valence-corrected chi connectivity index (χ0v) is 8.43. The summed E-state index contributed by atoms with van der Waals surface area (Å²) >= 11 is 0. The van der Waals surface area contributed by atoms with Crippen molar-refractivity contribution in [1.29, 1.82) is 0 Å². The number of Topliss-reactive ketones (excluding diaryl/α,β-unsaturated/α-hetero) is 1. The maximum atomic E-state index is 11.6. The Morgan fingerprint density at radius 1 is 1.67 bits per heavy atom. The van der Waals surface area contributed by atoms with Crippen LogP contribution >= 0.6 is 0 Å². The van der Waals surface area contributed by atoms with Crippen molar-refractivity contribution in [3.05, 3.63) is 17.5 Å². The Hall–Kier alpha value is -1.65. The highest BCUT2D eigenvalue weighted by molar-refractivity contribution is 5.98. The number of aliphatic carboxylic acids is 1. The van der Waals surface area contributed by atoms with Crippen molar-refractivity contribution in [3.63, 3.8) is 0 Å². The number of rotatable bonds is 2. The molecule has 0 bridgehead atoms. The molecule has 0 fully saturated rings. The normalized spacial score (nSPS) is 20.1. The molecular formula is C10H12N2O3. The van der Waals surface area contributed by atoms with E-state index in [-0.39, 0.29) is 18.1 Å². The number of carbonyl (C=O) groups excluding carboxylic acids is 1. The van der Waals surface area contributed by atoms with Gasteiger partial charge in [-0.1, -0.05) is 0 Å². The fourth-order valence-electron chi connectivity index (χ4n) is 2.05. The second-order valence-corrected chi connectivity index (χ2v) is 3.92. The lowest BCUT2D eigenvalue weighted by Gasteiger charge is -2.19. The van der Waals surface area contributed by atoms with Gasteiger partial charge < -0.3 is 5.11 Å². The van der Waals surface area contributed by atoms with E-state index in [1.54, 1.807) is 17.9 Å². The molecule has 0 spiro atoms. The predicted molar refractivity (Wildman–Crippen MR) is 51.6 cm³/mol. The molecule has 15 heavy (non-hydrogen) atoms. The first-order valence-corrected chi connectivity index (χ1v) is 4.83. The summed E-state index contributed by atoms with van der Waals surface area (Å²) in [7, 11) is 1.77. The van der Waals surface area contributed by atoms with Gasteiger partial charge in [0.15, 0.2) is 5.78 Å². The summed E-state index contributed by atoms with van der Waals surface area (Å²) < 4.78 is 1.65. The van der Waals surface area contributed by atoms with E-state index in [0.29, 0.717) is 18.4 Å². The summed E-state index contributed by atoms with van der Waals surface area (Å²) in [4.78, 5) is 22.2. The molecule has 80 valence electrons. The summed E-state index contributed by atoms with van der Waals surface area (Å²) in [6.45, 7) is 0. The maximum absolute atomic E-state index is 11.6. The van der Waals surface area contributed by atoms with Gasteiger partial charge in [0.1, 0.15) is 0 Å². The summed E-state index contributed by atoms with van der Waals surface area (Å²) in [5.41, 5.74) is 1.51. The van der Waals surface area contributed by atoms with E-state index in [0.717, 1.165) is 5.69 Å². The Kier molecular flexibility index (Phi) is 2.30. The standard InChI is InChI=1S/C10H12N2O3/c1-12-8-2-6(4-10(14)15)3-9(13)7(8)5-11-12/h5-6H,2-4H2,1H3,(H,14,15). The minimum atomic E-state index is -0.849. The van der Waals surface area contributed by atoms with E-state index < -0.39 is 5.97 Å². The number of nitrogens with zero attached hydrogens (tertiary/aromatic N) is 2. The molecule has 0 aromatic carbocycles. The molecule has 0 aliphatic heterocycles. The van der Waals surface area contributed by atoms with Crippen LogP contribution in [0.15, 0.2) is 6.20 Å². The van der Waals surface area contributed by atoms with Crippen LogP contribution in [-0.2, 0) is 18.3 Å². The number of hydrogen-bond acceptors (Lipinski definition) is 3. The molecule has 0 radical (unpaired) electrons. The van der Waals surface area contributed by atoms with Gasteiger partial charge in [0.05, 0.1) is 11.8 Å². The fourth-order valence-corrected chi connectivity index (χ4v) is 2.05. The van der Waals surface area contributed by atoms with Crippen LogP contribution in [0, 0.1) is 5.92 Å². The third kappa shape index (κ3) is 1.77. The van der Waals surface area contributed by atoms with Gasteiger partial charge in [-0.3, -0.25) is 14.3 Å². The number of aryl methyl sites for hydroxylation is 1. The Bertz CT molecular complexity index is 422. The molecule has 1 aromatic heterocycles. The molecule has 1 aromatic rings. The van der Waals surface area contributed by atoms with E-state index in [4.69, 9.17) is 5.11 Å². The average molecular weight is 208 g/mol. The van der Waals surface area contributed by atoms with E-state index in [1.165, 1.54) is 0 Å². The molecule has 1 atom stereocenters. The van der Waals surface area contributed by atoms with Crippen LogP contribution in [-0.4, -0.2) is 26.6 Å². The average Bonchev–Trinajstić information content (AvgIpc) is 2.47. The van der Waals surface area contributed by atoms with Crippen molar-refractivity contribution >= 4 is 11.8 Å². The molecule has 5 heteroatoms. The smallest absolute Gasteiger partial charge is 0.303 e. The van der Waals surface area contributed by atoms with Crippen LogP contribution in [0.5, 0.6) is 0 Å². The minimum Gasteiger partial charge on any atom is -0.481 e. The van der Waals surface area contributed by atoms with Crippen molar-refractivity contribution in [1.82, 2.24) is 9.78 Å². The second kappa shape index (κ2) is 3.49. The Labute approximate surface area is 86.7 Å². The molecule has 0 saturated heterocycles. The molecule has 1 N–H and O–H groups in total.